The summed E-state index contributed by atoms with van der Waals surface area (Å²) in [5, 5.41) is 1.38. The highest BCUT2D eigenvalue weighted by molar-refractivity contribution is 7.26. The predicted molar refractivity (Wildman–Crippen MR) is 181 cm³/mol. The lowest BCUT2D eigenvalue weighted by molar-refractivity contribution is 0.989. The predicted octanol–water partition coefficient (Wildman–Crippen LogP) is 7.64. The van der Waals surface area contributed by atoms with Crippen molar-refractivity contribution >= 4 is 59.2 Å². The minimum absolute atomic E-state index is 0.0766. The average Bonchev–Trinajstić information content (AvgIpc) is 3.47. The topological polar surface area (TPSA) is 82.1 Å². The Morgan fingerprint density at radius 2 is 1.27 bits per heavy atom. The van der Waals surface area contributed by atoms with Crippen LogP contribution in [0.5, 0.6) is 0 Å². The summed E-state index contributed by atoms with van der Waals surface area (Å²) in [5.41, 5.74) is 5.41. The minimum Gasteiger partial charge on any atom is -0.272 e. The molecule has 8 heteroatoms. The van der Waals surface area contributed by atoms with Gasteiger partial charge in [0.2, 0.25) is 5.65 Å². The fourth-order valence-electron chi connectivity index (χ4n) is 6.09. The van der Waals surface area contributed by atoms with Crippen molar-refractivity contribution in [1.82, 2.24) is 23.9 Å². The molecule has 0 fully saturated rings. The number of hydrogen-bond acceptors (Lipinski definition) is 6. The molecule has 0 amide bonds. The van der Waals surface area contributed by atoms with Crippen LogP contribution < -0.4 is 11.1 Å². The van der Waals surface area contributed by atoms with Gasteiger partial charge >= 0.3 is 0 Å². The first-order valence-electron chi connectivity index (χ1n) is 14.5. The monoisotopic (exact) mass is 599 g/mol. The molecule has 4 aromatic heterocycles. The molecule has 0 saturated carbocycles. The third-order valence-electron chi connectivity index (χ3n) is 8.17. The number of benzene rings is 5. The molecule has 7 nitrogen and oxygen atoms in total. The smallest absolute Gasteiger partial charge is 0.272 e. The molecular formula is C37H21N5O2S. The van der Waals surface area contributed by atoms with Crippen molar-refractivity contribution < 1.29 is 0 Å². The number of aromatic nitrogens is 5. The molecular weight excluding hydrogens is 579 g/mol. The summed E-state index contributed by atoms with van der Waals surface area (Å²) in [6, 6.07) is 40.6. The van der Waals surface area contributed by atoms with Gasteiger partial charge in [-0.1, -0.05) is 84.9 Å². The number of para-hydroxylation sites is 3. The van der Waals surface area contributed by atoms with Crippen LogP contribution in [-0.2, 0) is 0 Å². The van der Waals surface area contributed by atoms with E-state index in [1.807, 2.05) is 97.1 Å². The van der Waals surface area contributed by atoms with Crippen LogP contribution in [0.15, 0.2) is 137 Å². The van der Waals surface area contributed by atoms with Crippen molar-refractivity contribution in [2.75, 3.05) is 0 Å². The van der Waals surface area contributed by atoms with Crippen molar-refractivity contribution in [1.29, 1.82) is 0 Å². The maximum Gasteiger partial charge on any atom is 0.299 e. The largest absolute Gasteiger partial charge is 0.299 e. The Kier molecular flexibility index (Phi) is 5.54. The van der Waals surface area contributed by atoms with E-state index < -0.39 is 0 Å². The molecule has 0 unspecified atom stereocenters. The molecule has 9 aromatic rings. The second-order valence-corrected chi connectivity index (χ2v) is 11.9. The van der Waals surface area contributed by atoms with Gasteiger partial charge in [-0.25, -0.2) is 15.0 Å². The SMILES string of the molecule is O=c1c2nc3ccccc3c(=O)n2c2ccccc2n1-c1ccc2sc3c(-c4ccccc4)nc(-c4ccccc4)nc3c2c1. The van der Waals surface area contributed by atoms with E-state index in [0.717, 1.165) is 37.1 Å². The molecule has 0 saturated heterocycles. The van der Waals surface area contributed by atoms with Gasteiger partial charge < -0.3 is 0 Å². The number of rotatable bonds is 3. The maximum absolute atomic E-state index is 14.3. The van der Waals surface area contributed by atoms with Crippen molar-refractivity contribution in [2.24, 2.45) is 0 Å². The molecule has 5 aromatic carbocycles. The fraction of sp³-hybridized carbons (Fsp3) is 0. The Labute approximate surface area is 259 Å². The maximum atomic E-state index is 14.3. The standard InChI is InChI=1S/C37H21N5O2S/c43-36-25-15-7-8-16-27(25)38-35-37(44)41(28-17-9-10-18-29(28)42(35)36)24-19-20-30-26(21-24)32-33(45-30)31(22-11-3-1-4-12-22)39-34(40-32)23-13-5-2-6-14-23/h1-21H. The van der Waals surface area contributed by atoms with Crippen LogP contribution in [0.2, 0.25) is 0 Å². The molecule has 212 valence electrons. The van der Waals surface area contributed by atoms with Gasteiger partial charge in [-0.15, -0.1) is 11.3 Å². The van der Waals surface area contributed by atoms with Gasteiger partial charge in [0.1, 0.15) is 0 Å². The van der Waals surface area contributed by atoms with Crippen LogP contribution in [0, 0.1) is 0 Å². The zero-order valence-electron chi connectivity index (χ0n) is 23.6. The van der Waals surface area contributed by atoms with Gasteiger partial charge in [-0.2, -0.15) is 0 Å². The molecule has 0 aliphatic rings. The van der Waals surface area contributed by atoms with Crippen molar-refractivity contribution in [3.8, 4) is 28.3 Å². The first-order valence-corrected chi connectivity index (χ1v) is 15.3. The van der Waals surface area contributed by atoms with E-state index >= 15 is 0 Å². The molecule has 0 aliphatic carbocycles. The average molecular weight is 600 g/mol. The van der Waals surface area contributed by atoms with E-state index in [2.05, 4.69) is 17.1 Å². The number of thiophene rings is 1. The van der Waals surface area contributed by atoms with Gasteiger partial charge in [0.25, 0.3) is 11.1 Å². The lowest BCUT2D eigenvalue weighted by Gasteiger charge is -2.14. The molecule has 45 heavy (non-hydrogen) atoms. The molecule has 0 aliphatic heterocycles. The zero-order chi connectivity index (χ0) is 30.1. The summed E-state index contributed by atoms with van der Waals surface area (Å²) in [6.07, 6.45) is 0. The van der Waals surface area contributed by atoms with Crippen LogP contribution >= 0.6 is 11.3 Å². The van der Waals surface area contributed by atoms with Crippen LogP contribution in [-0.4, -0.2) is 23.9 Å². The Bertz CT molecular complexity index is 2750. The Hall–Kier alpha value is -5.99. The van der Waals surface area contributed by atoms with E-state index in [1.165, 1.54) is 4.40 Å². The highest BCUT2D eigenvalue weighted by Crippen LogP contribution is 2.40. The molecule has 0 bridgehead atoms. The number of fused-ring (bicyclic) bond motifs is 7. The Balaban J connectivity index is 1.37. The summed E-state index contributed by atoms with van der Waals surface area (Å²) >= 11 is 1.63. The highest BCUT2D eigenvalue weighted by atomic mass is 32.1. The summed E-state index contributed by atoms with van der Waals surface area (Å²) in [6.45, 7) is 0. The van der Waals surface area contributed by atoms with E-state index in [-0.39, 0.29) is 16.8 Å². The first kappa shape index (κ1) is 25.5. The third-order valence-corrected chi connectivity index (χ3v) is 9.33. The van der Waals surface area contributed by atoms with Gasteiger partial charge in [0.15, 0.2) is 5.82 Å². The summed E-state index contributed by atoms with van der Waals surface area (Å²) in [4.78, 5) is 42.7. The van der Waals surface area contributed by atoms with Crippen LogP contribution in [0.3, 0.4) is 0 Å². The van der Waals surface area contributed by atoms with Crippen molar-refractivity contribution in [2.45, 2.75) is 0 Å². The lowest BCUT2D eigenvalue weighted by atomic mass is 10.1. The van der Waals surface area contributed by atoms with E-state index in [9.17, 15) is 9.59 Å². The lowest BCUT2D eigenvalue weighted by Crippen LogP contribution is -2.28. The van der Waals surface area contributed by atoms with Gasteiger partial charge in [0.05, 0.1) is 43.5 Å². The van der Waals surface area contributed by atoms with Gasteiger partial charge in [-0.3, -0.25) is 18.6 Å². The van der Waals surface area contributed by atoms with Gasteiger partial charge in [0, 0.05) is 21.2 Å². The summed E-state index contributed by atoms with van der Waals surface area (Å²) in [7, 11) is 0. The molecule has 0 spiro atoms. The van der Waals surface area contributed by atoms with E-state index in [0.29, 0.717) is 33.4 Å². The van der Waals surface area contributed by atoms with Crippen LogP contribution in [0.1, 0.15) is 0 Å². The second-order valence-electron chi connectivity index (χ2n) is 10.8. The van der Waals surface area contributed by atoms with Crippen molar-refractivity contribution in [3.63, 3.8) is 0 Å². The Morgan fingerprint density at radius 1 is 0.578 bits per heavy atom. The first-order chi connectivity index (χ1) is 22.2. The molecule has 4 heterocycles. The summed E-state index contributed by atoms with van der Waals surface area (Å²) < 4.78 is 5.08. The quantitative estimate of drug-likeness (QED) is 0.154. The Morgan fingerprint density at radius 3 is 2.07 bits per heavy atom. The minimum atomic E-state index is -0.375. The van der Waals surface area contributed by atoms with E-state index in [4.69, 9.17) is 9.97 Å². The summed E-state index contributed by atoms with van der Waals surface area (Å²) in [5.74, 6) is 0.635. The normalized spacial score (nSPS) is 11.7. The molecule has 0 N–H and O–H groups in total. The molecule has 0 radical (unpaired) electrons. The van der Waals surface area contributed by atoms with Crippen molar-refractivity contribution in [3.05, 3.63) is 148 Å². The fourth-order valence-corrected chi connectivity index (χ4v) is 7.22. The van der Waals surface area contributed by atoms with Crippen LogP contribution in [0.25, 0.3) is 76.2 Å². The molecule has 0 atom stereocenters. The van der Waals surface area contributed by atoms with Gasteiger partial charge in [-0.05, 0) is 42.5 Å². The molecule has 9 rings (SSSR count). The third kappa shape index (κ3) is 3.86. The van der Waals surface area contributed by atoms with E-state index in [1.54, 1.807) is 34.1 Å². The van der Waals surface area contributed by atoms with Crippen LogP contribution in [0.4, 0.5) is 0 Å². The number of hydrogen-bond donors (Lipinski definition) is 0. The highest BCUT2D eigenvalue weighted by Gasteiger charge is 2.20. The second kappa shape index (κ2) is 9.77. The zero-order valence-corrected chi connectivity index (χ0v) is 24.4. The number of nitrogens with zero attached hydrogens (tertiary/aromatic N) is 5.